The molecule has 0 unspecified atom stereocenters. The zero-order valence-corrected chi connectivity index (χ0v) is 11.9. The van der Waals surface area contributed by atoms with Crippen LogP contribution < -0.4 is 11.3 Å². The first-order valence-corrected chi connectivity index (χ1v) is 6.84. The highest BCUT2D eigenvalue weighted by molar-refractivity contribution is 7.99. The van der Waals surface area contributed by atoms with E-state index in [-0.39, 0.29) is 0 Å². The molecule has 6 nitrogen and oxygen atoms in total. The lowest BCUT2D eigenvalue weighted by Gasteiger charge is -2.05. The molecule has 2 aromatic heterocycles. The number of hydrazine groups is 1. The van der Waals surface area contributed by atoms with Crippen molar-refractivity contribution in [2.45, 2.75) is 24.1 Å². The number of nitrogens with zero attached hydrogens (tertiary/aromatic N) is 3. The predicted molar refractivity (Wildman–Crippen MR) is 77.4 cm³/mol. The fourth-order valence-corrected chi connectivity index (χ4v) is 2.69. The van der Waals surface area contributed by atoms with Crippen molar-refractivity contribution in [2.75, 3.05) is 5.43 Å². The Labute approximate surface area is 119 Å². The number of rotatable bonds is 3. The van der Waals surface area contributed by atoms with Crippen molar-refractivity contribution < 1.29 is 4.42 Å². The van der Waals surface area contributed by atoms with Crippen molar-refractivity contribution in [3.05, 3.63) is 35.7 Å². The number of nitrogens with two attached hydrogens (primary N) is 1. The second-order valence-electron chi connectivity index (χ2n) is 4.24. The second-order valence-corrected chi connectivity index (χ2v) is 5.18. The molecule has 3 rings (SSSR count). The van der Waals surface area contributed by atoms with Crippen molar-refractivity contribution in [3.63, 3.8) is 0 Å². The van der Waals surface area contributed by atoms with Gasteiger partial charge in [0.05, 0.1) is 11.2 Å². The maximum atomic E-state index is 5.58. The van der Waals surface area contributed by atoms with E-state index in [2.05, 4.69) is 20.4 Å². The summed E-state index contributed by atoms with van der Waals surface area (Å²) in [5.74, 6) is 6.58. The fourth-order valence-electron chi connectivity index (χ4n) is 1.76. The van der Waals surface area contributed by atoms with Gasteiger partial charge in [-0.2, -0.15) is 0 Å². The molecule has 3 N–H and O–H groups in total. The molecule has 0 saturated heterocycles. The van der Waals surface area contributed by atoms with Gasteiger partial charge in [-0.1, -0.05) is 18.2 Å². The predicted octanol–water partition coefficient (Wildman–Crippen LogP) is 2.67. The van der Waals surface area contributed by atoms with Crippen LogP contribution in [0.2, 0.25) is 0 Å². The van der Waals surface area contributed by atoms with Gasteiger partial charge >= 0.3 is 0 Å². The van der Waals surface area contributed by atoms with Crippen LogP contribution in [0.15, 0.2) is 38.9 Å². The Morgan fingerprint density at radius 3 is 2.65 bits per heavy atom. The maximum Gasteiger partial charge on any atom is 0.262 e. The quantitative estimate of drug-likeness (QED) is 0.435. The molecule has 0 spiro atoms. The number of hydrogen-bond acceptors (Lipinski definition) is 7. The Bertz CT molecular complexity index is 751. The first-order valence-electron chi connectivity index (χ1n) is 6.02. The summed E-state index contributed by atoms with van der Waals surface area (Å²) in [6.07, 6.45) is 0. The molecule has 0 saturated carbocycles. The summed E-state index contributed by atoms with van der Waals surface area (Å²) >= 11 is 1.36. The van der Waals surface area contributed by atoms with Gasteiger partial charge < -0.3 is 4.42 Å². The van der Waals surface area contributed by atoms with E-state index in [4.69, 9.17) is 10.3 Å². The van der Waals surface area contributed by atoms with Crippen molar-refractivity contribution >= 4 is 28.6 Å². The minimum atomic E-state index is 0.367. The topological polar surface area (TPSA) is 89.9 Å². The number of oxazole rings is 1. The molecule has 0 aliphatic heterocycles. The van der Waals surface area contributed by atoms with Crippen LogP contribution in [0.25, 0.3) is 10.9 Å². The number of para-hydroxylation sites is 1. The number of anilines is 1. The average molecular weight is 287 g/mol. The highest BCUT2D eigenvalue weighted by atomic mass is 32.2. The Morgan fingerprint density at radius 2 is 1.95 bits per heavy atom. The third-order valence-corrected chi connectivity index (χ3v) is 3.74. The summed E-state index contributed by atoms with van der Waals surface area (Å²) in [6.45, 7) is 3.80. The van der Waals surface area contributed by atoms with E-state index in [9.17, 15) is 0 Å². The first-order chi connectivity index (χ1) is 9.67. The summed E-state index contributed by atoms with van der Waals surface area (Å²) in [5, 5.41) is 2.25. The van der Waals surface area contributed by atoms with E-state index < -0.39 is 0 Å². The van der Waals surface area contributed by atoms with Crippen LogP contribution in [-0.2, 0) is 0 Å². The molecule has 7 heteroatoms. The van der Waals surface area contributed by atoms with E-state index in [1.165, 1.54) is 11.8 Å². The summed E-state index contributed by atoms with van der Waals surface area (Å²) in [7, 11) is 0. The van der Waals surface area contributed by atoms with Gasteiger partial charge in [-0.15, -0.1) is 0 Å². The van der Waals surface area contributed by atoms with Gasteiger partial charge in [0.2, 0.25) is 5.95 Å². The average Bonchev–Trinajstić information content (AvgIpc) is 2.77. The molecule has 0 amide bonds. The van der Waals surface area contributed by atoms with Crippen LogP contribution in [-0.4, -0.2) is 15.0 Å². The summed E-state index contributed by atoms with van der Waals surface area (Å²) in [6, 6.07) is 7.73. The molecule has 0 atom stereocenters. The summed E-state index contributed by atoms with van der Waals surface area (Å²) in [4.78, 5) is 13.0. The van der Waals surface area contributed by atoms with Gasteiger partial charge in [-0.3, -0.25) is 5.43 Å². The van der Waals surface area contributed by atoms with Crippen LogP contribution in [0.5, 0.6) is 0 Å². The molecular formula is C13H13N5OS. The number of fused-ring (bicyclic) bond motifs is 1. The Kier molecular flexibility index (Phi) is 3.29. The van der Waals surface area contributed by atoms with Crippen LogP contribution in [0, 0.1) is 13.8 Å². The number of aromatic nitrogens is 3. The van der Waals surface area contributed by atoms with Crippen LogP contribution in [0.4, 0.5) is 5.95 Å². The molecule has 0 aliphatic carbocycles. The second kappa shape index (κ2) is 5.10. The van der Waals surface area contributed by atoms with Gasteiger partial charge in [0.15, 0.2) is 0 Å². The number of aryl methyl sites for hydroxylation is 2. The molecule has 102 valence electrons. The van der Waals surface area contributed by atoms with Gasteiger partial charge in [0, 0.05) is 5.39 Å². The minimum Gasteiger partial charge on any atom is -0.436 e. The SMILES string of the molecule is Cc1nc(Sc2nc(NN)nc3ccccc23)oc1C. The Morgan fingerprint density at radius 1 is 1.15 bits per heavy atom. The maximum absolute atomic E-state index is 5.58. The number of nitrogen functional groups attached to an aromatic ring is 1. The third kappa shape index (κ3) is 2.33. The van der Waals surface area contributed by atoms with Crippen LogP contribution in [0.1, 0.15) is 11.5 Å². The van der Waals surface area contributed by atoms with E-state index >= 15 is 0 Å². The van der Waals surface area contributed by atoms with E-state index in [0.29, 0.717) is 11.2 Å². The number of nitrogens with one attached hydrogen (secondary N) is 1. The standard InChI is InChI=1S/C13H13N5OS/c1-7-8(2)19-13(15-7)20-11-9-5-3-4-6-10(9)16-12(17-11)18-14/h3-6H,14H2,1-2H3,(H,16,17,18). The molecule has 20 heavy (non-hydrogen) atoms. The van der Waals surface area contributed by atoms with Crippen molar-refractivity contribution in [1.82, 2.24) is 15.0 Å². The minimum absolute atomic E-state index is 0.367. The molecule has 0 radical (unpaired) electrons. The normalized spacial score (nSPS) is 10.9. The lowest BCUT2D eigenvalue weighted by atomic mass is 10.2. The Balaban J connectivity index is 2.09. The smallest absolute Gasteiger partial charge is 0.262 e. The molecule has 0 bridgehead atoms. The van der Waals surface area contributed by atoms with Crippen molar-refractivity contribution in [3.8, 4) is 0 Å². The van der Waals surface area contributed by atoms with Crippen LogP contribution >= 0.6 is 11.8 Å². The summed E-state index contributed by atoms with van der Waals surface area (Å²) in [5.41, 5.74) is 4.17. The molecule has 3 aromatic rings. The highest BCUT2D eigenvalue weighted by Gasteiger charge is 2.13. The highest BCUT2D eigenvalue weighted by Crippen LogP contribution is 2.32. The largest absolute Gasteiger partial charge is 0.436 e. The lowest BCUT2D eigenvalue weighted by Crippen LogP contribution is -2.10. The number of hydrogen-bond donors (Lipinski definition) is 2. The van der Waals surface area contributed by atoms with E-state index in [0.717, 1.165) is 27.4 Å². The first kappa shape index (κ1) is 12.9. The molecule has 1 aromatic carbocycles. The van der Waals surface area contributed by atoms with Crippen LogP contribution in [0.3, 0.4) is 0 Å². The van der Waals surface area contributed by atoms with Gasteiger partial charge in [0.25, 0.3) is 5.22 Å². The van der Waals surface area contributed by atoms with Gasteiger partial charge in [-0.05, 0) is 31.7 Å². The Hall–Kier alpha value is -2.12. The molecule has 2 heterocycles. The van der Waals surface area contributed by atoms with Crippen molar-refractivity contribution in [2.24, 2.45) is 5.84 Å². The van der Waals surface area contributed by atoms with Gasteiger partial charge in [0.1, 0.15) is 10.8 Å². The fraction of sp³-hybridized carbons (Fsp3) is 0.154. The van der Waals surface area contributed by atoms with Gasteiger partial charge in [-0.25, -0.2) is 20.8 Å². The van der Waals surface area contributed by atoms with E-state index in [1.54, 1.807) is 0 Å². The zero-order valence-electron chi connectivity index (χ0n) is 11.0. The van der Waals surface area contributed by atoms with E-state index in [1.807, 2.05) is 38.1 Å². The number of benzene rings is 1. The van der Waals surface area contributed by atoms with Crippen molar-refractivity contribution in [1.29, 1.82) is 0 Å². The molecular weight excluding hydrogens is 274 g/mol. The molecule has 0 aliphatic rings. The lowest BCUT2D eigenvalue weighted by molar-refractivity contribution is 0.431. The monoisotopic (exact) mass is 287 g/mol. The zero-order chi connectivity index (χ0) is 14.1. The summed E-state index contributed by atoms with van der Waals surface area (Å²) < 4.78 is 5.58. The molecule has 0 fully saturated rings. The third-order valence-electron chi connectivity index (χ3n) is 2.89.